The van der Waals surface area contributed by atoms with Crippen LogP contribution in [-0.4, -0.2) is 43.5 Å². The number of rotatable bonds is 5. The molecule has 0 aromatic heterocycles. The van der Waals surface area contributed by atoms with Gasteiger partial charge in [-0.3, -0.25) is 4.79 Å². The van der Waals surface area contributed by atoms with Gasteiger partial charge in [-0.15, -0.1) is 0 Å². The minimum Gasteiger partial charge on any atom is -0.354 e. The number of likely N-dealkylation sites (tertiary alicyclic amines) is 1. The van der Waals surface area contributed by atoms with E-state index in [1.54, 1.807) is 0 Å². The van der Waals surface area contributed by atoms with Crippen molar-refractivity contribution in [1.29, 1.82) is 0 Å². The van der Waals surface area contributed by atoms with Gasteiger partial charge in [-0.1, -0.05) is 6.92 Å². The molecule has 0 saturated carbocycles. The van der Waals surface area contributed by atoms with Crippen molar-refractivity contribution >= 4 is 5.91 Å². The van der Waals surface area contributed by atoms with Gasteiger partial charge >= 0.3 is 0 Å². The number of nitrogens with zero attached hydrogens (tertiary/aromatic N) is 1. The van der Waals surface area contributed by atoms with Crippen LogP contribution in [0.15, 0.2) is 0 Å². The van der Waals surface area contributed by atoms with E-state index < -0.39 is 5.41 Å². The third-order valence-electron chi connectivity index (χ3n) is 3.71. The molecule has 1 saturated heterocycles. The summed E-state index contributed by atoms with van der Waals surface area (Å²) in [6.07, 6.45) is 2.56. The Morgan fingerprint density at radius 3 is 2.53 bits per heavy atom. The van der Waals surface area contributed by atoms with E-state index in [9.17, 15) is 4.79 Å². The first kappa shape index (κ1) is 14.5. The molecule has 1 fully saturated rings. The Bertz CT molecular complexity index is 245. The molecule has 0 aliphatic carbocycles. The van der Waals surface area contributed by atoms with Gasteiger partial charge < -0.3 is 16.0 Å². The van der Waals surface area contributed by atoms with Crippen LogP contribution in [0.5, 0.6) is 0 Å². The minimum atomic E-state index is -0.448. The molecule has 0 spiro atoms. The van der Waals surface area contributed by atoms with Gasteiger partial charge in [0, 0.05) is 19.6 Å². The molecule has 1 aliphatic rings. The number of amides is 1. The van der Waals surface area contributed by atoms with Crippen LogP contribution in [-0.2, 0) is 4.79 Å². The molecule has 17 heavy (non-hydrogen) atoms. The van der Waals surface area contributed by atoms with Crippen molar-refractivity contribution in [2.75, 3.05) is 32.7 Å². The van der Waals surface area contributed by atoms with Crippen LogP contribution in [0, 0.1) is 11.3 Å². The SMILES string of the molecule is CC1CCN(CCNC(=O)C(C)(C)CN)CC1. The molecule has 0 radical (unpaired) electrons. The van der Waals surface area contributed by atoms with Crippen molar-refractivity contribution in [2.24, 2.45) is 17.1 Å². The molecule has 1 heterocycles. The van der Waals surface area contributed by atoms with Gasteiger partial charge in [0.05, 0.1) is 5.41 Å². The molecule has 0 bridgehead atoms. The summed E-state index contributed by atoms with van der Waals surface area (Å²) in [5, 5.41) is 2.97. The van der Waals surface area contributed by atoms with E-state index in [0.29, 0.717) is 6.54 Å². The zero-order valence-corrected chi connectivity index (χ0v) is 11.5. The largest absolute Gasteiger partial charge is 0.354 e. The summed E-state index contributed by atoms with van der Waals surface area (Å²) >= 11 is 0. The first-order valence-corrected chi connectivity index (χ1v) is 6.66. The van der Waals surface area contributed by atoms with Crippen LogP contribution in [0.3, 0.4) is 0 Å². The van der Waals surface area contributed by atoms with E-state index in [2.05, 4.69) is 17.1 Å². The molecule has 1 amide bonds. The molecule has 0 atom stereocenters. The molecule has 3 N–H and O–H groups in total. The monoisotopic (exact) mass is 241 g/mol. The van der Waals surface area contributed by atoms with Gasteiger partial charge in [0.1, 0.15) is 0 Å². The molecular formula is C13H27N3O. The first-order valence-electron chi connectivity index (χ1n) is 6.66. The van der Waals surface area contributed by atoms with E-state index in [4.69, 9.17) is 5.73 Å². The van der Waals surface area contributed by atoms with Crippen molar-refractivity contribution in [3.05, 3.63) is 0 Å². The number of nitrogens with two attached hydrogens (primary N) is 1. The van der Waals surface area contributed by atoms with Gasteiger partial charge in [0.2, 0.25) is 5.91 Å². The van der Waals surface area contributed by atoms with Crippen LogP contribution in [0.4, 0.5) is 0 Å². The van der Waals surface area contributed by atoms with E-state index in [0.717, 1.165) is 32.1 Å². The van der Waals surface area contributed by atoms with Gasteiger partial charge in [0.15, 0.2) is 0 Å². The fourth-order valence-corrected chi connectivity index (χ4v) is 1.95. The highest BCUT2D eigenvalue weighted by molar-refractivity contribution is 5.81. The molecule has 4 nitrogen and oxygen atoms in total. The first-order chi connectivity index (χ1) is 7.95. The highest BCUT2D eigenvalue weighted by Crippen LogP contribution is 2.15. The highest BCUT2D eigenvalue weighted by Gasteiger charge is 2.25. The lowest BCUT2D eigenvalue weighted by Crippen LogP contribution is -2.45. The number of nitrogens with one attached hydrogen (secondary N) is 1. The summed E-state index contributed by atoms with van der Waals surface area (Å²) in [6, 6.07) is 0. The van der Waals surface area contributed by atoms with Gasteiger partial charge in [-0.2, -0.15) is 0 Å². The standard InChI is InChI=1S/C13H27N3O/c1-11-4-7-16(8-5-11)9-6-15-12(17)13(2,3)10-14/h11H,4-10,14H2,1-3H3,(H,15,17). The quantitative estimate of drug-likeness (QED) is 0.749. The maximum absolute atomic E-state index is 11.8. The molecule has 0 unspecified atom stereocenters. The number of piperidine rings is 1. The van der Waals surface area contributed by atoms with Crippen molar-refractivity contribution in [1.82, 2.24) is 10.2 Å². The number of hydrogen-bond donors (Lipinski definition) is 2. The van der Waals surface area contributed by atoms with Crippen molar-refractivity contribution in [2.45, 2.75) is 33.6 Å². The second-order valence-corrected chi connectivity index (χ2v) is 5.87. The highest BCUT2D eigenvalue weighted by atomic mass is 16.2. The average Bonchev–Trinajstić information content (AvgIpc) is 2.31. The smallest absolute Gasteiger partial charge is 0.226 e. The van der Waals surface area contributed by atoms with Crippen molar-refractivity contribution < 1.29 is 4.79 Å². The van der Waals surface area contributed by atoms with Crippen molar-refractivity contribution in [3.63, 3.8) is 0 Å². The van der Waals surface area contributed by atoms with E-state index >= 15 is 0 Å². The van der Waals surface area contributed by atoms with Gasteiger partial charge in [-0.05, 0) is 45.7 Å². The zero-order chi connectivity index (χ0) is 12.9. The van der Waals surface area contributed by atoms with Crippen LogP contribution >= 0.6 is 0 Å². The number of hydrogen-bond acceptors (Lipinski definition) is 3. The van der Waals surface area contributed by atoms with Gasteiger partial charge in [0.25, 0.3) is 0 Å². The molecule has 1 aliphatic heterocycles. The third kappa shape index (κ3) is 4.64. The average molecular weight is 241 g/mol. The van der Waals surface area contributed by atoms with Crippen LogP contribution in [0.2, 0.25) is 0 Å². The normalized spacial score (nSPS) is 19.3. The second kappa shape index (κ2) is 6.36. The minimum absolute atomic E-state index is 0.0605. The molecule has 4 heteroatoms. The van der Waals surface area contributed by atoms with E-state index in [1.807, 2.05) is 13.8 Å². The summed E-state index contributed by atoms with van der Waals surface area (Å²) in [5.41, 5.74) is 5.12. The van der Waals surface area contributed by atoms with E-state index in [-0.39, 0.29) is 5.91 Å². The third-order valence-corrected chi connectivity index (χ3v) is 3.71. The van der Waals surface area contributed by atoms with E-state index in [1.165, 1.54) is 12.8 Å². The Labute approximate surface area is 105 Å². The molecule has 1 rings (SSSR count). The summed E-state index contributed by atoms with van der Waals surface area (Å²) in [4.78, 5) is 14.2. The lowest BCUT2D eigenvalue weighted by atomic mass is 9.93. The summed E-state index contributed by atoms with van der Waals surface area (Å²) < 4.78 is 0. The maximum atomic E-state index is 11.8. The predicted molar refractivity (Wildman–Crippen MR) is 70.7 cm³/mol. The topological polar surface area (TPSA) is 58.4 Å². The number of carbonyl (C=O) groups is 1. The van der Waals surface area contributed by atoms with Crippen LogP contribution < -0.4 is 11.1 Å². The number of carbonyl (C=O) groups excluding carboxylic acids is 1. The predicted octanol–water partition coefficient (Wildman–Crippen LogP) is 0.819. The Morgan fingerprint density at radius 1 is 1.41 bits per heavy atom. The molecule has 100 valence electrons. The van der Waals surface area contributed by atoms with Crippen LogP contribution in [0.1, 0.15) is 33.6 Å². The molecular weight excluding hydrogens is 214 g/mol. The zero-order valence-electron chi connectivity index (χ0n) is 11.5. The second-order valence-electron chi connectivity index (χ2n) is 5.87. The van der Waals surface area contributed by atoms with Gasteiger partial charge in [-0.25, -0.2) is 0 Å². The Kier molecular flexibility index (Phi) is 5.40. The Balaban J connectivity index is 2.18. The Hall–Kier alpha value is -0.610. The maximum Gasteiger partial charge on any atom is 0.226 e. The van der Waals surface area contributed by atoms with Crippen molar-refractivity contribution in [3.8, 4) is 0 Å². The fourth-order valence-electron chi connectivity index (χ4n) is 1.95. The Morgan fingerprint density at radius 2 is 2.00 bits per heavy atom. The lowest BCUT2D eigenvalue weighted by Gasteiger charge is -2.30. The fraction of sp³-hybridized carbons (Fsp3) is 0.923. The lowest BCUT2D eigenvalue weighted by molar-refractivity contribution is -0.128. The van der Waals surface area contributed by atoms with Crippen LogP contribution in [0.25, 0.3) is 0 Å². The summed E-state index contributed by atoms with van der Waals surface area (Å²) in [6.45, 7) is 10.5. The molecule has 0 aromatic carbocycles. The molecule has 0 aromatic rings. The summed E-state index contributed by atoms with van der Waals surface area (Å²) in [7, 11) is 0. The summed E-state index contributed by atoms with van der Waals surface area (Å²) in [5.74, 6) is 0.919.